The molecule has 4 heterocycles. The average molecular weight is 436 g/mol. The Labute approximate surface area is 187 Å². The summed E-state index contributed by atoms with van der Waals surface area (Å²) in [6.07, 6.45) is 7.78. The monoisotopic (exact) mass is 435 g/mol. The van der Waals surface area contributed by atoms with Crippen LogP contribution in [-0.2, 0) is 0 Å². The number of rotatable bonds is 5. The number of aromatic nitrogens is 3. The van der Waals surface area contributed by atoms with Crippen molar-refractivity contribution in [3.63, 3.8) is 0 Å². The number of piperidine rings is 2. The van der Waals surface area contributed by atoms with Crippen molar-refractivity contribution < 1.29 is 4.74 Å². The summed E-state index contributed by atoms with van der Waals surface area (Å²) in [5.74, 6) is 3.52. The first-order valence-corrected chi connectivity index (χ1v) is 12.1. The van der Waals surface area contributed by atoms with Crippen molar-refractivity contribution in [1.29, 1.82) is 0 Å². The molecular weight excluding hydrogens is 406 g/mol. The van der Waals surface area contributed by atoms with Gasteiger partial charge in [0.1, 0.15) is 23.7 Å². The van der Waals surface area contributed by atoms with Gasteiger partial charge in [-0.05, 0) is 44.2 Å². The van der Waals surface area contributed by atoms with Crippen LogP contribution in [0.5, 0.6) is 5.75 Å². The predicted molar refractivity (Wildman–Crippen MR) is 126 cm³/mol. The molecule has 6 nitrogen and oxygen atoms in total. The van der Waals surface area contributed by atoms with Gasteiger partial charge in [0, 0.05) is 49.1 Å². The van der Waals surface area contributed by atoms with E-state index in [4.69, 9.17) is 9.72 Å². The Morgan fingerprint density at radius 2 is 1.65 bits per heavy atom. The summed E-state index contributed by atoms with van der Waals surface area (Å²) in [5.41, 5.74) is 2.08. The number of benzene rings is 1. The van der Waals surface area contributed by atoms with Crippen molar-refractivity contribution in [2.75, 3.05) is 43.1 Å². The summed E-state index contributed by atoms with van der Waals surface area (Å²) in [6.45, 7) is 4.23. The van der Waals surface area contributed by atoms with Gasteiger partial charge < -0.3 is 14.5 Å². The standard InChI is InChI=1S/C24H29N5OS/c1-30-21-8-4-3-7-19(21)20-16-31-24(27-20)18-9-13-29(14-10-18)23-15-22(25-17-26-23)28-11-5-2-6-12-28/h3-4,7-8,15-18H,2,5-6,9-14H2,1H3. The fourth-order valence-corrected chi connectivity index (χ4v) is 5.61. The van der Waals surface area contributed by atoms with Gasteiger partial charge in [-0.25, -0.2) is 15.0 Å². The lowest BCUT2D eigenvalue weighted by atomic mass is 9.97. The van der Waals surface area contributed by atoms with E-state index >= 15 is 0 Å². The van der Waals surface area contributed by atoms with Gasteiger partial charge in [0.15, 0.2) is 0 Å². The lowest BCUT2D eigenvalue weighted by molar-refractivity contribution is 0.416. The van der Waals surface area contributed by atoms with Gasteiger partial charge in [0.2, 0.25) is 0 Å². The maximum absolute atomic E-state index is 5.51. The van der Waals surface area contributed by atoms with E-state index in [-0.39, 0.29) is 0 Å². The summed E-state index contributed by atoms with van der Waals surface area (Å²) < 4.78 is 5.51. The summed E-state index contributed by atoms with van der Waals surface area (Å²) in [5, 5.41) is 3.40. The summed E-state index contributed by atoms with van der Waals surface area (Å²) in [4.78, 5) is 18.9. The molecule has 162 valence electrons. The number of anilines is 2. The minimum Gasteiger partial charge on any atom is -0.496 e. The quantitative estimate of drug-likeness (QED) is 0.563. The Morgan fingerprint density at radius 3 is 2.39 bits per heavy atom. The van der Waals surface area contributed by atoms with Gasteiger partial charge in [-0.1, -0.05) is 12.1 Å². The third kappa shape index (κ3) is 4.37. The van der Waals surface area contributed by atoms with Crippen molar-refractivity contribution >= 4 is 23.0 Å². The average Bonchev–Trinajstić information content (AvgIpc) is 3.35. The van der Waals surface area contributed by atoms with Crippen LogP contribution in [-0.4, -0.2) is 48.2 Å². The number of hydrogen-bond donors (Lipinski definition) is 0. The van der Waals surface area contributed by atoms with Gasteiger partial charge in [0.25, 0.3) is 0 Å². The van der Waals surface area contributed by atoms with Crippen molar-refractivity contribution in [1.82, 2.24) is 15.0 Å². The van der Waals surface area contributed by atoms with E-state index in [0.29, 0.717) is 5.92 Å². The SMILES string of the molecule is COc1ccccc1-c1csc(C2CCN(c3cc(N4CCCCC4)ncn3)CC2)n1. The van der Waals surface area contributed by atoms with Gasteiger partial charge in [-0.3, -0.25) is 0 Å². The highest BCUT2D eigenvalue weighted by atomic mass is 32.1. The number of ether oxygens (including phenoxy) is 1. The van der Waals surface area contributed by atoms with E-state index < -0.39 is 0 Å². The smallest absolute Gasteiger partial charge is 0.134 e. The molecule has 5 rings (SSSR count). The largest absolute Gasteiger partial charge is 0.496 e. The molecule has 0 spiro atoms. The normalized spacial score (nSPS) is 17.7. The Hall–Kier alpha value is -2.67. The van der Waals surface area contributed by atoms with Crippen molar-refractivity contribution in [2.24, 2.45) is 0 Å². The van der Waals surface area contributed by atoms with E-state index in [9.17, 15) is 0 Å². The van der Waals surface area contributed by atoms with Crippen molar-refractivity contribution in [2.45, 2.75) is 38.0 Å². The Kier molecular flexibility index (Phi) is 6.02. The molecule has 0 radical (unpaired) electrons. The molecule has 31 heavy (non-hydrogen) atoms. The van der Waals surface area contributed by atoms with Crippen LogP contribution in [0.15, 0.2) is 42.0 Å². The number of methoxy groups -OCH3 is 1. The number of hydrogen-bond acceptors (Lipinski definition) is 7. The maximum Gasteiger partial charge on any atom is 0.134 e. The fourth-order valence-electron chi connectivity index (χ4n) is 4.62. The lowest BCUT2D eigenvalue weighted by Gasteiger charge is -2.33. The molecule has 2 fully saturated rings. The molecule has 3 aromatic rings. The maximum atomic E-state index is 5.51. The van der Waals surface area contributed by atoms with E-state index in [1.54, 1.807) is 24.8 Å². The molecule has 2 aromatic heterocycles. The summed E-state index contributed by atoms with van der Waals surface area (Å²) in [7, 11) is 1.71. The number of nitrogens with zero attached hydrogens (tertiary/aromatic N) is 5. The van der Waals surface area contributed by atoms with Crippen molar-refractivity contribution in [3.05, 3.63) is 47.0 Å². The highest BCUT2D eigenvalue weighted by Crippen LogP contribution is 2.36. The molecule has 2 aliphatic heterocycles. The second-order valence-electron chi connectivity index (χ2n) is 8.31. The summed E-state index contributed by atoms with van der Waals surface area (Å²) >= 11 is 1.77. The zero-order valence-corrected chi connectivity index (χ0v) is 18.9. The third-order valence-electron chi connectivity index (χ3n) is 6.39. The molecule has 0 bridgehead atoms. The first-order chi connectivity index (χ1) is 15.3. The minimum atomic E-state index is 0.508. The molecule has 7 heteroatoms. The second-order valence-corrected chi connectivity index (χ2v) is 9.20. The lowest BCUT2D eigenvalue weighted by Crippen LogP contribution is -2.34. The zero-order chi connectivity index (χ0) is 21.0. The van der Waals surface area contributed by atoms with Crippen LogP contribution in [0.4, 0.5) is 11.6 Å². The van der Waals surface area contributed by atoms with Gasteiger partial charge in [0.05, 0.1) is 17.8 Å². The van der Waals surface area contributed by atoms with Gasteiger partial charge >= 0.3 is 0 Å². The van der Waals surface area contributed by atoms with E-state index in [2.05, 4.69) is 37.3 Å². The Morgan fingerprint density at radius 1 is 0.935 bits per heavy atom. The van der Waals surface area contributed by atoms with Crippen LogP contribution in [0, 0.1) is 0 Å². The molecule has 2 saturated heterocycles. The molecule has 0 atom stereocenters. The Balaban J connectivity index is 1.25. The van der Waals surface area contributed by atoms with Crippen LogP contribution in [0.3, 0.4) is 0 Å². The summed E-state index contributed by atoms with van der Waals surface area (Å²) in [6, 6.07) is 10.3. The predicted octanol–water partition coefficient (Wildman–Crippen LogP) is 4.98. The highest BCUT2D eigenvalue weighted by Gasteiger charge is 2.25. The minimum absolute atomic E-state index is 0.508. The van der Waals surface area contributed by atoms with Crippen LogP contribution in [0.2, 0.25) is 0 Å². The van der Waals surface area contributed by atoms with Crippen LogP contribution in [0.1, 0.15) is 43.0 Å². The Bertz CT molecular complexity index is 1010. The molecule has 1 aromatic carbocycles. The van der Waals surface area contributed by atoms with Crippen LogP contribution >= 0.6 is 11.3 Å². The van der Waals surface area contributed by atoms with Crippen molar-refractivity contribution in [3.8, 4) is 17.0 Å². The van der Waals surface area contributed by atoms with E-state index in [1.165, 1.54) is 24.3 Å². The third-order valence-corrected chi connectivity index (χ3v) is 7.40. The molecule has 0 unspecified atom stereocenters. The number of para-hydroxylation sites is 1. The van der Waals surface area contributed by atoms with Crippen LogP contribution in [0.25, 0.3) is 11.3 Å². The molecule has 0 saturated carbocycles. The van der Waals surface area contributed by atoms with Gasteiger partial charge in [-0.15, -0.1) is 11.3 Å². The molecule has 0 N–H and O–H groups in total. The first kappa shape index (κ1) is 20.2. The molecular formula is C24H29N5OS. The molecule has 0 amide bonds. The van der Waals surface area contributed by atoms with E-state index in [0.717, 1.165) is 67.7 Å². The highest BCUT2D eigenvalue weighted by molar-refractivity contribution is 7.10. The fraction of sp³-hybridized carbons (Fsp3) is 0.458. The van der Waals surface area contributed by atoms with Crippen LogP contribution < -0.4 is 14.5 Å². The first-order valence-electron chi connectivity index (χ1n) is 11.2. The zero-order valence-electron chi connectivity index (χ0n) is 18.0. The molecule has 0 aliphatic carbocycles. The second kappa shape index (κ2) is 9.22. The topological polar surface area (TPSA) is 54.4 Å². The molecule has 2 aliphatic rings. The van der Waals surface area contributed by atoms with Gasteiger partial charge in [-0.2, -0.15) is 0 Å². The number of thiazole rings is 1. The van der Waals surface area contributed by atoms with E-state index in [1.807, 2.05) is 18.2 Å².